The number of benzene rings is 2. The monoisotopic (exact) mass is 289 g/mol. The second-order valence-corrected chi connectivity index (χ2v) is 5.06. The third-order valence-corrected chi connectivity index (χ3v) is 3.58. The molecule has 0 unspecified atom stereocenters. The van der Waals surface area contributed by atoms with Gasteiger partial charge in [-0.1, -0.05) is 37.1 Å². The van der Waals surface area contributed by atoms with Gasteiger partial charge in [0.1, 0.15) is 5.75 Å². The van der Waals surface area contributed by atoms with E-state index in [0.29, 0.717) is 0 Å². The highest BCUT2D eigenvalue weighted by molar-refractivity contribution is 6.33. The Hall–Kier alpha value is -1.67. The molecule has 3 heteroatoms. The summed E-state index contributed by atoms with van der Waals surface area (Å²) in [7, 11) is 1.68. The molecular weight excluding hydrogens is 270 g/mol. The molecule has 2 aromatic rings. The fraction of sp³-hybridized carbons (Fsp3) is 0.294. The Bertz CT molecular complexity index is 539. The van der Waals surface area contributed by atoms with Gasteiger partial charge in [-0.05, 0) is 42.8 Å². The van der Waals surface area contributed by atoms with Crippen molar-refractivity contribution in [3.8, 4) is 5.75 Å². The maximum absolute atomic E-state index is 6.34. The highest BCUT2D eigenvalue weighted by atomic mass is 35.5. The lowest BCUT2D eigenvalue weighted by Crippen LogP contribution is -2.18. The molecule has 0 bridgehead atoms. The Balaban J connectivity index is 2.33. The molecule has 106 valence electrons. The van der Waals surface area contributed by atoms with Crippen LogP contribution in [0, 0.1) is 0 Å². The number of methoxy groups -OCH3 is 1. The van der Waals surface area contributed by atoms with Gasteiger partial charge >= 0.3 is 0 Å². The molecule has 0 amide bonds. The minimum atomic E-state index is 0.777. The van der Waals surface area contributed by atoms with Crippen molar-refractivity contribution in [2.75, 3.05) is 18.6 Å². The van der Waals surface area contributed by atoms with Crippen molar-refractivity contribution >= 4 is 23.0 Å². The van der Waals surface area contributed by atoms with Gasteiger partial charge in [0.05, 0.1) is 17.8 Å². The van der Waals surface area contributed by atoms with Crippen molar-refractivity contribution in [1.29, 1.82) is 0 Å². The number of hydrogen-bond donors (Lipinski definition) is 0. The topological polar surface area (TPSA) is 12.5 Å². The van der Waals surface area contributed by atoms with Crippen molar-refractivity contribution < 1.29 is 4.74 Å². The maximum Gasteiger partial charge on any atom is 0.119 e. The molecule has 0 radical (unpaired) electrons. The Morgan fingerprint density at radius 2 is 1.75 bits per heavy atom. The summed E-state index contributed by atoms with van der Waals surface area (Å²) in [6.07, 6.45) is 2.27. The van der Waals surface area contributed by atoms with E-state index < -0.39 is 0 Å². The predicted molar refractivity (Wildman–Crippen MR) is 86.4 cm³/mol. The molecule has 0 atom stereocenters. The Morgan fingerprint density at radius 3 is 2.35 bits per heavy atom. The van der Waals surface area contributed by atoms with Crippen molar-refractivity contribution in [2.24, 2.45) is 0 Å². The normalized spacial score (nSPS) is 10.3. The summed E-state index contributed by atoms with van der Waals surface area (Å²) < 4.78 is 5.21. The number of rotatable bonds is 6. The first-order valence-electron chi connectivity index (χ1n) is 6.92. The largest absolute Gasteiger partial charge is 0.497 e. The molecule has 20 heavy (non-hydrogen) atoms. The fourth-order valence-corrected chi connectivity index (χ4v) is 2.38. The van der Waals surface area contributed by atoms with E-state index in [1.54, 1.807) is 7.11 Å². The van der Waals surface area contributed by atoms with Crippen LogP contribution < -0.4 is 9.64 Å². The van der Waals surface area contributed by atoms with Crippen LogP contribution in [-0.2, 0) is 0 Å². The zero-order valence-electron chi connectivity index (χ0n) is 12.0. The number of ether oxygens (including phenoxy) is 1. The molecule has 0 saturated heterocycles. The zero-order chi connectivity index (χ0) is 14.4. The molecule has 0 aromatic heterocycles. The van der Waals surface area contributed by atoms with Gasteiger partial charge in [0.25, 0.3) is 0 Å². The third-order valence-electron chi connectivity index (χ3n) is 3.26. The Kier molecular flexibility index (Phi) is 5.31. The van der Waals surface area contributed by atoms with Gasteiger partial charge in [-0.15, -0.1) is 0 Å². The molecule has 2 aromatic carbocycles. The van der Waals surface area contributed by atoms with Crippen LogP contribution in [0.1, 0.15) is 19.8 Å². The smallest absolute Gasteiger partial charge is 0.119 e. The lowest BCUT2D eigenvalue weighted by molar-refractivity contribution is 0.415. The summed E-state index contributed by atoms with van der Waals surface area (Å²) in [5.74, 6) is 0.864. The summed E-state index contributed by atoms with van der Waals surface area (Å²) in [6, 6.07) is 16.1. The van der Waals surface area contributed by atoms with Gasteiger partial charge in [0, 0.05) is 12.2 Å². The highest BCUT2D eigenvalue weighted by Gasteiger charge is 2.11. The lowest BCUT2D eigenvalue weighted by Gasteiger charge is -2.26. The second kappa shape index (κ2) is 7.20. The number of para-hydroxylation sites is 1. The first kappa shape index (κ1) is 14.7. The van der Waals surface area contributed by atoms with Gasteiger partial charge in [0.2, 0.25) is 0 Å². The lowest BCUT2D eigenvalue weighted by atomic mass is 10.2. The van der Waals surface area contributed by atoms with E-state index in [1.165, 1.54) is 0 Å². The average Bonchev–Trinajstić information content (AvgIpc) is 2.50. The van der Waals surface area contributed by atoms with Gasteiger partial charge in [-0.3, -0.25) is 0 Å². The number of anilines is 2. The molecule has 0 heterocycles. The van der Waals surface area contributed by atoms with Crippen LogP contribution in [0.3, 0.4) is 0 Å². The summed E-state index contributed by atoms with van der Waals surface area (Å²) in [6.45, 7) is 3.14. The van der Waals surface area contributed by atoms with Crippen LogP contribution in [-0.4, -0.2) is 13.7 Å². The van der Waals surface area contributed by atoms with Crippen LogP contribution >= 0.6 is 11.6 Å². The predicted octanol–water partition coefficient (Wildman–Crippen LogP) is 5.29. The van der Waals surface area contributed by atoms with Crippen molar-refractivity contribution in [1.82, 2.24) is 0 Å². The number of nitrogens with zero attached hydrogens (tertiary/aromatic N) is 1. The second-order valence-electron chi connectivity index (χ2n) is 4.65. The summed E-state index contributed by atoms with van der Waals surface area (Å²) in [5.41, 5.74) is 2.18. The molecule has 0 spiro atoms. The van der Waals surface area contributed by atoms with Crippen LogP contribution in [0.15, 0.2) is 48.5 Å². The molecule has 2 rings (SSSR count). The van der Waals surface area contributed by atoms with E-state index in [-0.39, 0.29) is 0 Å². The van der Waals surface area contributed by atoms with E-state index in [2.05, 4.69) is 30.0 Å². The van der Waals surface area contributed by atoms with E-state index in [4.69, 9.17) is 16.3 Å². The first-order chi connectivity index (χ1) is 9.76. The standard InChI is InChI=1S/C17H20ClNO/c1-3-4-13-19(17-8-6-5-7-16(17)18)14-9-11-15(20-2)12-10-14/h5-12H,3-4,13H2,1-2H3. The van der Waals surface area contributed by atoms with Crippen LogP contribution in [0.5, 0.6) is 5.75 Å². The first-order valence-corrected chi connectivity index (χ1v) is 7.30. The summed E-state index contributed by atoms with van der Waals surface area (Å²) in [4.78, 5) is 2.26. The Labute approximate surface area is 125 Å². The Morgan fingerprint density at radius 1 is 1.05 bits per heavy atom. The van der Waals surface area contributed by atoms with E-state index in [1.807, 2.05) is 30.3 Å². The van der Waals surface area contributed by atoms with Crippen molar-refractivity contribution in [3.05, 3.63) is 53.6 Å². The molecule has 2 nitrogen and oxygen atoms in total. The van der Waals surface area contributed by atoms with Crippen LogP contribution in [0.25, 0.3) is 0 Å². The number of halogens is 1. The van der Waals surface area contributed by atoms with Crippen molar-refractivity contribution in [3.63, 3.8) is 0 Å². The third kappa shape index (κ3) is 3.45. The average molecular weight is 290 g/mol. The van der Waals surface area contributed by atoms with Gasteiger partial charge in [0.15, 0.2) is 0 Å². The molecule has 0 fully saturated rings. The minimum Gasteiger partial charge on any atom is -0.497 e. The molecular formula is C17H20ClNO. The van der Waals surface area contributed by atoms with Crippen LogP contribution in [0.4, 0.5) is 11.4 Å². The van der Waals surface area contributed by atoms with Gasteiger partial charge in [-0.2, -0.15) is 0 Å². The summed E-state index contributed by atoms with van der Waals surface area (Å²) >= 11 is 6.34. The molecule has 0 saturated carbocycles. The van der Waals surface area contributed by atoms with Crippen molar-refractivity contribution in [2.45, 2.75) is 19.8 Å². The van der Waals surface area contributed by atoms with E-state index in [0.717, 1.165) is 41.5 Å². The fourth-order valence-electron chi connectivity index (χ4n) is 2.14. The zero-order valence-corrected chi connectivity index (χ0v) is 12.7. The highest BCUT2D eigenvalue weighted by Crippen LogP contribution is 2.32. The molecule has 0 aliphatic rings. The summed E-state index contributed by atoms with van der Waals surface area (Å²) in [5, 5.41) is 0.777. The van der Waals surface area contributed by atoms with E-state index in [9.17, 15) is 0 Å². The molecule has 0 aliphatic carbocycles. The maximum atomic E-state index is 6.34. The number of unbranched alkanes of at least 4 members (excludes halogenated alkanes) is 1. The SMILES string of the molecule is CCCCN(c1ccc(OC)cc1)c1ccccc1Cl. The number of hydrogen-bond acceptors (Lipinski definition) is 2. The van der Waals surface area contributed by atoms with Gasteiger partial charge < -0.3 is 9.64 Å². The molecule has 0 aliphatic heterocycles. The quantitative estimate of drug-likeness (QED) is 0.717. The van der Waals surface area contributed by atoms with Crippen LogP contribution in [0.2, 0.25) is 5.02 Å². The van der Waals surface area contributed by atoms with E-state index >= 15 is 0 Å². The molecule has 0 N–H and O–H groups in total. The minimum absolute atomic E-state index is 0.777. The van der Waals surface area contributed by atoms with Gasteiger partial charge in [-0.25, -0.2) is 0 Å².